The molecule has 0 spiro atoms. The van der Waals surface area contributed by atoms with Gasteiger partial charge in [0.15, 0.2) is 6.04 Å². The molecular weight excluding hydrogens is 397 g/mol. The van der Waals surface area contributed by atoms with Gasteiger partial charge in [0.25, 0.3) is 0 Å². The Bertz CT molecular complexity index is 824. The lowest BCUT2D eigenvalue weighted by molar-refractivity contribution is -0.140. The van der Waals surface area contributed by atoms with Crippen molar-refractivity contribution in [2.45, 2.75) is 45.4 Å². The van der Waals surface area contributed by atoms with Crippen LogP contribution in [0.25, 0.3) is 0 Å². The molecule has 1 saturated heterocycles. The molecule has 2 atom stereocenters. The second-order valence-electron chi connectivity index (χ2n) is 6.70. The van der Waals surface area contributed by atoms with E-state index in [4.69, 9.17) is 9.47 Å². The van der Waals surface area contributed by atoms with Gasteiger partial charge in [0.2, 0.25) is 34.8 Å². The molecule has 7 nitrogen and oxygen atoms in total. The van der Waals surface area contributed by atoms with Gasteiger partial charge >= 0.3 is 18.2 Å². The van der Waals surface area contributed by atoms with Crippen LogP contribution in [-0.2, 0) is 14.3 Å². The van der Waals surface area contributed by atoms with Crippen molar-refractivity contribution in [3.05, 3.63) is 29.1 Å². The van der Waals surface area contributed by atoms with Gasteiger partial charge in [0.1, 0.15) is 11.7 Å². The predicted molar refractivity (Wildman–Crippen MR) is 79.7 cm³/mol. The Hall–Kier alpha value is -2.92. The summed E-state index contributed by atoms with van der Waals surface area (Å²) in [5, 5.41) is 0. The molecule has 1 heterocycles. The molecule has 1 aliphatic rings. The fourth-order valence-corrected chi connectivity index (χ4v) is 2.24. The van der Waals surface area contributed by atoms with Crippen LogP contribution >= 0.6 is 0 Å². The van der Waals surface area contributed by atoms with Crippen molar-refractivity contribution in [1.29, 1.82) is 0 Å². The normalized spacial score (nSPS) is 19.5. The number of amides is 2. The summed E-state index contributed by atoms with van der Waals surface area (Å²) in [6.45, 7) is 5.51. The average Bonchev–Trinajstić information content (AvgIpc) is 2.87. The second-order valence-corrected chi connectivity index (χ2v) is 6.70. The quantitative estimate of drug-likeness (QED) is 0.244. The first-order chi connectivity index (χ1) is 12.8. The number of carbonyl (C=O) groups is 3. The number of ether oxygens (including phenoxy) is 3. The molecule has 12 heteroatoms. The highest BCUT2D eigenvalue weighted by atomic mass is 19.2. The number of cyclic esters (lactones) is 1. The number of hydrogen-bond acceptors (Lipinski definition) is 6. The van der Waals surface area contributed by atoms with Gasteiger partial charge in [-0.25, -0.2) is 27.6 Å². The predicted octanol–water partition coefficient (Wildman–Crippen LogP) is 3.43. The van der Waals surface area contributed by atoms with E-state index < -0.39 is 70.7 Å². The van der Waals surface area contributed by atoms with Crippen LogP contribution < -0.4 is 4.74 Å². The third-order valence-corrected chi connectivity index (χ3v) is 3.41. The number of nitrogens with zero attached hydrogens (tertiary/aromatic N) is 1. The van der Waals surface area contributed by atoms with Crippen LogP contribution in [0.15, 0.2) is 0 Å². The van der Waals surface area contributed by atoms with Gasteiger partial charge in [0.05, 0.1) is 0 Å². The highest BCUT2D eigenvalue weighted by Crippen LogP contribution is 2.31. The monoisotopic (exact) mass is 411 g/mol. The maximum Gasteiger partial charge on any atom is 0.420 e. The minimum absolute atomic E-state index is 0.185. The summed E-state index contributed by atoms with van der Waals surface area (Å²) in [6.07, 6.45) is -4.00. The molecule has 2 rings (SSSR count). The summed E-state index contributed by atoms with van der Waals surface area (Å²) in [7, 11) is 0. The highest BCUT2D eigenvalue weighted by molar-refractivity contribution is 5.97. The summed E-state index contributed by atoms with van der Waals surface area (Å²) in [5.41, 5.74) is -1.08. The zero-order valence-electron chi connectivity index (χ0n) is 14.9. The maximum absolute atomic E-state index is 13.7. The molecule has 0 bridgehead atoms. The molecule has 1 fully saturated rings. The van der Waals surface area contributed by atoms with Crippen LogP contribution in [-0.4, -0.2) is 40.8 Å². The minimum Gasteiger partial charge on any atom is -0.443 e. The molecule has 1 aromatic rings. The number of rotatable bonds is 2. The van der Waals surface area contributed by atoms with E-state index in [9.17, 15) is 36.3 Å². The minimum atomic E-state index is -2.45. The van der Waals surface area contributed by atoms with Gasteiger partial charge in [-0.05, 0) is 27.7 Å². The fourth-order valence-electron chi connectivity index (χ4n) is 2.24. The van der Waals surface area contributed by atoms with Crippen molar-refractivity contribution >= 4 is 18.2 Å². The van der Waals surface area contributed by atoms with E-state index in [1.165, 1.54) is 20.8 Å². The molecule has 28 heavy (non-hydrogen) atoms. The van der Waals surface area contributed by atoms with Crippen LogP contribution in [0.2, 0.25) is 0 Å². The Morgan fingerprint density at radius 2 is 1.43 bits per heavy atom. The van der Waals surface area contributed by atoms with Gasteiger partial charge in [0, 0.05) is 0 Å². The molecule has 0 unspecified atom stereocenters. The van der Waals surface area contributed by atoms with Gasteiger partial charge in [-0.2, -0.15) is 13.7 Å². The third kappa shape index (κ3) is 3.85. The smallest absolute Gasteiger partial charge is 0.420 e. The fraction of sp³-hybridized carbons (Fsp3) is 0.438. The van der Waals surface area contributed by atoms with E-state index in [1.807, 2.05) is 0 Å². The molecule has 2 amide bonds. The Morgan fingerprint density at radius 3 is 1.89 bits per heavy atom. The van der Waals surface area contributed by atoms with Gasteiger partial charge in [-0.1, -0.05) is 0 Å². The molecule has 0 N–H and O–H groups in total. The first kappa shape index (κ1) is 21.4. The number of esters is 1. The highest BCUT2D eigenvalue weighted by Gasteiger charge is 2.50. The molecule has 1 aliphatic heterocycles. The van der Waals surface area contributed by atoms with E-state index in [0.29, 0.717) is 0 Å². The summed E-state index contributed by atoms with van der Waals surface area (Å²) in [6, 6.07) is -1.89. The Labute approximate surface area is 154 Å². The third-order valence-electron chi connectivity index (χ3n) is 3.41. The lowest BCUT2D eigenvalue weighted by atomic mass is 10.1. The number of hydrogen-bond donors (Lipinski definition) is 0. The first-order valence-electron chi connectivity index (χ1n) is 7.72. The van der Waals surface area contributed by atoms with E-state index in [2.05, 4.69) is 4.74 Å². The number of halogens is 5. The van der Waals surface area contributed by atoms with Crippen LogP contribution in [0, 0.1) is 29.1 Å². The van der Waals surface area contributed by atoms with Crippen LogP contribution in [0.1, 0.15) is 27.7 Å². The molecule has 1 aromatic carbocycles. The van der Waals surface area contributed by atoms with Crippen molar-refractivity contribution in [1.82, 2.24) is 4.90 Å². The van der Waals surface area contributed by atoms with Crippen molar-refractivity contribution in [3.63, 3.8) is 0 Å². The summed E-state index contributed by atoms with van der Waals surface area (Å²) in [5.74, 6) is -15.5. The molecule has 0 radical (unpaired) electrons. The zero-order valence-corrected chi connectivity index (χ0v) is 14.9. The van der Waals surface area contributed by atoms with Crippen molar-refractivity contribution in [2.75, 3.05) is 0 Å². The van der Waals surface area contributed by atoms with Crippen molar-refractivity contribution in [3.8, 4) is 5.75 Å². The van der Waals surface area contributed by atoms with Crippen LogP contribution in [0.4, 0.5) is 31.5 Å². The topological polar surface area (TPSA) is 82.1 Å². The summed E-state index contributed by atoms with van der Waals surface area (Å²) >= 11 is 0. The van der Waals surface area contributed by atoms with Crippen molar-refractivity contribution in [2.24, 2.45) is 0 Å². The molecule has 0 aromatic heterocycles. The maximum atomic E-state index is 13.7. The number of imide groups is 1. The summed E-state index contributed by atoms with van der Waals surface area (Å²) in [4.78, 5) is 36.5. The zero-order chi connectivity index (χ0) is 21.5. The van der Waals surface area contributed by atoms with E-state index in [0.717, 1.165) is 6.92 Å². The molecule has 0 aliphatic carbocycles. The lowest BCUT2D eigenvalue weighted by Crippen LogP contribution is -2.49. The largest absolute Gasteiger partial charge is 0.443 e. The van der Waals surface area contributed by atoms with E-state index >= 15 is 0 Å². The molecular formula is C16H14F5NO6. The Morgan fingerprint density at radius 1 is 0.964 bits per heavy atom. The first-order valence-corrected chi connectivity index (χ1v) is 7.72. The number of benzene rings is 1. The van der Waals surface area contributed by atoms with Crippen LogP contribution in [0.3, 0.4) is 0 Å². The van der Waals surface area contributed by atoms with Gasteiger partial charge in [-0.15, -0.1) is 0 Å². The number of carbonyl (C=O) groups excluding carboxylic acids is 3. The average molecular weight is 411 g/mol. The van der Waals surface area contributed by atoms with E-state index in [1.54, 1.807) is 0 Å². The van der Waals surface area contributed by atoms with Gasteiger partial charge < -0.3 is 14.2 Å². The molecule has 0 saturated carbocycles. The van der Waals surface area contributed by atoms with Crippen molar-refractivity contribution < 1.29 is 50.5 Å². The Kier molecular flexibility index (Phi) is 5.53. The standard InChI is InChI=1S/C16H14F5NO6/c1-5-11(22(14(24)26-5)15(25)28-16(2,3)4)13(23)27-12-9(20)7(18)6(17)8(19)10(12)21/h5,11H,1-4H3/t5-,11+/m1/s1. The molecule has 154 valence electrons. The van der Waals surface area contributed by atoms with Gasteiger partial charge in [-0.3, -0.25) is 0 Å². The second kappa shape index (κ2) is 7.24. The lowest BCUT2D eigenvalue weighted by Gasteiger charge is -2.25. The summed E-state index contributed by atoms with van der Waals surface area (Å²) < 4.78 is 80.9. The van der Waals surface area contributed by atoms with Crippen LogP contribution in [0.5, 0.6) is 5.75 Å². The van der Waals surface area contributed by atoms with E-state index in [-0.39, 0.29) is 4.90 Å². The Balaban J connectivity index is 2.37. The SMILES string of the molecule is C[C@H]1OC(=O)N(C(=O)OC(C)(C)C)[C@@H]1C(=O)Oc1c(F)c(F)c(F)c(F)c1F.